The zero-order chi connectivity index (χ0) is 15.7. The van der Waals surface area contributed by atoms with Crippen molar-refractivity contribution in [1.29, 1.82) is 0 Å². The van der Waals surface area contributed by atoms with Crippen molar-refractivity contribution >= 4 is 5.91 Å². The highest BCUT2D eigenvalue weighted by molar-refractivity contribution is 5.91. The number of aromatic nitrogens is 2. The van der Waals surface area contributed by atoms with Gasteiger partial charge in [0.2, 0.25) is 5.89 Å². The van der Waals surface area contributed by atoms with Crippen LogP contribution in [0, 0.1) is 6.92 Å². The maximum Gasteiger partial charge on any atom is 0.289 e. The van der Waals surface area contributed by atoms with Crippen molar-refractivity contribution in [3.8, 4) is 0 Å². The minimum absolute atomic E-state index is 0.0645. The Kier molecular flexibility index (Phi) is 4.00. The third-order valence-electron chi connectivity index (χ3n) is 3.98. The molecule has 1 saturated heterocycles. The monoisotopic (exact) mass is 303 g/mol. The first-order chi connectivity index (χ1) is 10.5. The number of furan rings is 1. The molecule has 2 aromatic rings. The van der Waals surface area contributed by atoms with Gasteiger partial charge in [-0.25, -0.2) is 0 Å². The Morgan fingerprint density at radius 3 is 2.86 bits per heavy atom. The van der Waals surface area contributed by atoms with E-state index in [1.165, 1.54) is 0 Å². The van der Waals surface area contributed by atoms with E-state index in [9.17, 15) is 4.79 Å². The molecule has 3 heterocycles. The summed E-state index contributed by atoms with van der Waals surface area (Å²) in [5, 5.41) is 4.08. The number of rotatable bonds is 3. The van der Waals surface area contributed by atoms with Crippen LogP contribution in [0.1, 0.15) is 66.6 Å². The first kappa shape index (κ1) is 14.8. The van der Waals surface area contributed by atoms with Crippen LogP contribution in [-0.2, 0) is 0 Å². The van der Waals surface area contributed by atoms with Gasteiger partial charge in [-0.1, -0.05) is 19.0 Å². The summed E-state index contributed by atoms with van der Waals surface area (Å²) < 4.78 is 10.7. The molecule has 6 heteroatoms. The van der Waals surface area contributed by atoms with Crippen molar-refractivity contribution in [3.63, 3.8) is 0 Å². The Balaban J connectivity index is 1.72. The molecule has 1 amide bonds. The fourth-order valence-corrected chi connectivity index (χ4v) is 2.73. The number of hydrogen-bond donors (Lipinski definition) is 0. The average molecular weight is 303 g/mol. The second-order valence-corrected chi connectivity index (χ2v) is 6.15. The number of nitrogens with zero attached hydrogens (tertiary/aromatic N) is 3. The maximum atomic E-state index is 12.5. The number of carbonyl (C=O) groups is 1. The van der Waals surface area contributed by atoms with Gasteiger partial charge in [0.15, 0.2) is 11.6 Å². The number of piperidine rings is 1. The van der Waals surface area contributed by atoms with Crippen LogP contribution < -0.4 is 0 Å². The maximum absolute atomic E-state index is 12.5. The van der Waals surface area contributed by atoms with Crippen LogP contribution in [0.3, 0.4) is 0 Å². The van der Waals surface area contributed by atoms with Gasteiger partial charge in [-0.2, -0.15) is 4.98 Å². The van der Waals surface area contributed by atoms with E-state index in [1.807, 2.05) is 31.7 Å². The molecule has 0 saturated carbocycles. The molecule has 0 aliphatic carbocycles. The van der Waals surface area contributed by atoms with Crippen LogP contribution in [-0.4, -0.2) is 34.0 Å². The lowest BCUT2D eigenvalue weighted by Gasteiger charge is -2.30. The Morgan fingerprint density at radius 2 is 2.23 bits per heavy atom. The largest absolute Gasteiger partial charge is 0.456 e. The summed E-state index contributed by atoms with van der Waals surface area (Å²) in [5.74, 6) is 2.78. The smallest absolute Gasteiger partial charge is 0.289 e. The minimum Gasteiger partial charge on any atom is -0.456 e. The molecular weight excluding hydrogens is 282 g/mol. The minimum atomic E-state index is -0.0645. The zero-order valence-electron chi connectivity index (χ0n) is 13.2. The van der Waals surface area contributed by atoms with Crippen molar-refractivity contribution in [2.75, 3.05) is 13.1 Å². The molecule has 1 aliphatic heterocycles. The van der Waals surface area contributed by atoms with Gasteiger partial charge in [-0.05, 0) is 31.9 Å². The van der Waals surface area contributed by atoms with E-state index in [4.69, 9.17) is 8.94 Å². The quantitative estimate of drug-likeness (QED) is 0.871. The summed E-state index contributed by atoms with van der Waals surface area (Å²) in [5.41, 5.74) is 0. The van der Waals surface area contributed by atoms with Gasteiger partial charge < -0.3 is 13.8 Å². The van der Waals surface area contributed by atoms with Crippen molar-refractivity contribution in [3.05, 3.63) is 35.4 Å². The predicted molar refractivity (Wildman–Crippen MR) is 79.7 cm³/mol. The standard InChI is InChI=1S/C16H21N3O3/c1-10(2)15-17-14(18-22-15)12-5-4-8-19(9-12)16(20)13-7-6-11(3)21-13/h6-7,10,12H,4-5,8-9H2,1-3H3/t12-/m0/s1. The first-order valence-electron chi connectivity index (χ1n) is 7.74. The van der Waals surface area contributed by atoms with E-state index in [0.29, 0.717) is 24.0 Å². The second kappa shape index (κ2) is 5.94. The highest BCUT2D eigenvalue weighted by Gasteiger charge is 2.29. The molecule has 0 bridgehead atoms. The van der Waals surface area contributed by atoms with Crippen LogP contribution in [0.15, 0.2) is 21.1 Å². The molecule has 118 valence electrons. The van der Waals surface area contributed by atoms with Gasteiger partial charge in [0.05, 0.1) is 0 Å². The average Bonchev–Trinajstić information content (AvgIpc) is 3.15. The number of hydrogen-bond acceptors (Lipinski definition) is 5. The van der Waals surface area contributed by atoms with Crippen molar-refractivity contribution in [2.24, 2.45) is 0 Å². The predicted octanol–water partition coefficient (Wildman–Crippen LogP) is 3.11. The van der Waals surface area contributed by atoms with Gasteiger partial charge in [0, 0.05) is 24.9 Å². The van der Waals surface area contributed by atoms with E-state index in [2.05, 4.69) is 10.1 Å². The summed E-state index contributed by atoms with van der Waals surface area (Å²) in [6.45, 7) is 7.22. The molecule has 0 aromatic carbocycles. The summed E-state index contributed by atoms with van der Waals surface area (Å²) >= 11 is 0. The molecule has 1 fully saturated rings. The topological polar surface area (TPSA) is 72.4 Å². The van der Waals surface area contributed by atoms with Crippen molar-refractivity contribution < 1.29 is 13.7 Å². The lowest BCUT2D eigenvalue weighted by Crippen LogP contribution is -2.39. The molecule has 0 radical (unpaired) electrons. The van der Waals surface area contributed by atoms with Crippen LogP contribution in [0.4, 0.5) is 0 Å². The van der Waals surface area contributed by atoms with E-state index in [0.717, 1.165) is 25.1 Å². The second-order valence-electron chi connectivity index (χ2n) is 6.15. The highest BCUT2D eigenvalue weighted by atomic mass is 16.5. The van der Waals surface area contributed by atoms with Gasteiger partial charge >= 0.3 is 0 Å². The van der Waals surface area contributed by atoms with Crippen LogP contribution in [0.2, 0.25) is 0 Å². The Labute approximate surface area is 129 Å². The summed E-state index contributed by atoms with van der Waals surface area (Å²) in [4.78, 5) is 18.8. The number of aryl methyl sites for hydroxylation is 1. The molecule has 0 N–H and O–H groups in total. The molecule has 0 spiro atoms. The van der Waals surface area contributed by atoms with Gasteiger partial charge in [0.1, 0.15) is 5.76 Å². The van der Waals surface area contributed by atoms with Crippen molar-refractivity contribution in [2.45, 2.75) is 45.4 Å². The number of carbonyl (C=O) groups excluding carboxylic acids is 1. The van der Waals surface area contributed by atoms with E-state index in [1.54, 1.807) is 6.07 Å². The summed E-state index contributed by atoms with van der Waals surface area (Å²) in [6, 6.07) is 3.54. The zero-order valence-corrected chi connectivity index (χ0v) is 13.2. The Bertz CT molecular complexity index is 659. The summed E-state index contributed by atoms with van der Waals surface area (Å²) in [6.07, 6.45) is 1.90. The van der Waals surface area contributed by atoms with Crippen molar-refractivity contribution in [1.82, 2.24) is 15.0 Å². The Hall–Kier alpha value is -2.11. The molecule has 0 unspecified atom stereocenters. The Morgan fingerprint density at radius 1 is 1.41 bits per heavy atom. The molecule has 1 aliphatic rings. The number of likely N-dealkylation sites (tertiary alicyclic amines) is 1. The molecule has 1 atom stereocenters. The fourth-order valence-electron chi connectivity index (χ4n) is 2.73. The highest BCUT2D eigenvalue weighted by Crippen LogP contribution is 2.27. The van der Waals surface area contributed by atoms with Gasteiger partial charge in [-0.15, -0.1) is 0 Å². The van der Waals surface area contributed by atoms with E-state index >= 15 is 0 Å². The molecule has 6 nitrogen and oxygen atoms in total. The molecule has 22 heavy (non-hydrogen) atoms. The lowest BCUT2D eigenvalue weighted by molar-refractivity contribution is 0.0670. The molecule has 3 rings (SSSR count). The fraction of sp³-hybridized carbons (Fsp3) is 0.562. The van der Waals surface area contributed by atoms with Crippen LogP contribution in [0.5, 0.6) is 0 Å². The lowest BCUT2D eigenvalue weighted by atomic mass is 9.97. The molecule has 2 aromatic heterocycles. The number of amides is 1. The van der Waals surface area contributed by atoms with E-state index in [-0.39, 0.29) is 17.7 Å². The van der Waals surface area contributed by atoms with Gasteiger partial charge in [-0.3, -0.25) is 4.79 Å². The third kappa shape index (κ3) is 2.91. The van der Waals surface area contributed by atoms with Crippen LogP contribution in [0.25, 0.3) is 0 Å². The third-order valence-corrected chi connectivity index (χ3v) is 3.98. The molecular formula is C16H21N3O3. The van der Waals surface area contributed by atoms with Crippen LogP contribution >= 0.6 is 0 Å². The summed E-state index contributed by atoms with van der Waals surface area (Å²) in [7, 11) is 0. The normalized spacial score (nSPS) is 18.9. The first-order valence-corrected chi connectivity index (χ1v) is 7.74. The van der Waals surface area contributed by atoms with E-state index < -0.39 is 0 Å². The van der Waals surface area contributed by atoms with Gasteiger partial charge in [0.25, 0.3) is 5.91 Å². The SMILES string of the molecule is Cc1ccc(C(=O)N2CCC[C@H](c3noc(C(C)C)n3)C2)o1.